The fraction of sp³-hybridized carbons (Fsp3) is 0.0714. The molecule has 2 amide bonds. The van der Waals surface area contributed by atoms with Crippen LogP contribution in [0.4, 0.5) is 5.69 Å². The number of hydrazone groups is 2. The van der Waals surface area contributed by atoms with Crippen molar-refractivity contribution in [3.8, 4) is 5.75 Å². The summed E-state index contributed by atoms with van der Waals surface area (Å²) in [5.74, 6) is -2.10. The summed E-state index contributed by atoms with van der Waals surface area (Å²) >= 11 is 6.64. The molecule has 18 heteroatoms. The molecule has 0 saturated carbocycles. The minimum atomic E-state index is -5.00. The molecule has 240 valence electrons. The summed E-state index contributed by atoms with van der Waals surface area (Å²) in [4.78, 5) is 24.7. The van der Waals surface area contributed by atoms with Crippen LogP contribution in [-0.2, 0) is 29.8 Å². The Kier molecular flexibility index (Phi) is 10.6. The number of halogens is 2. The van der Waals surface area contributed by atoms with Gasteiger partial charge in [-0.15, -0.1) is 0 Å². The summed E-state index contributed by atoms with van der Waals surface area (Å²) in [5.41, 5.74) is 5.32. The summed E-state index contributed by atoms with van der Waals surface area (Å²) in [6, 6.07) is 14.7. The van der Waals surface area contributed by atoms with Gasteiger partial charge in [0.2, 0.25) is 0 Å². The van der Waals surface area contributed by atoms with Gasteiger partial charge in [0.25, 0.3) is 32.1 Å². The quantitative estimate of drug-likeness (QED) is 0.0587. The third-order valence-corrected chi connectivity index (χ3v) is 9.91. The van der Waals surface area contributed by atoms with Gasteiger partial charge in [-0.3, -0.25) is 18.7 Å². The highest BCUT2D eigenvalue weighted by Crippen LogP contribution is 2.35. The number of carbonyl (C=O) groups is 2. The lowest BCUT2D eigenvalue weighted by molar-refractivity contribution is -0.130. The highest BCUT2D eigenvalue weighted by molar-refractivity contribution is 9.11. The Morgan fingerprint density at radius 2 is 1.41 bits per heavy atom. The highest BCUT2D eigenvalue weighted by atomic mass is 79.9. The molecule has 0 fully saturated rings. The van der Waals surface area contributed by atoms with Gasteiger partial charge < -0.3 is 10.4 Å². The molecular formula is C28H23Br2N5O9S2. The van der Waals surface area contributed by atoms with Crippen LogP contribution in [0.3, 0.4) is 0 Å². The van der Waals surface area contributed by atoms with Crippen LogP contribution >= 0.6 is 31.9 Å². The number of carbonyl (C=O) groups excluding carboxylic acids is 2. The number of hydrogen-bond donors (Lipinski definition) is 6. The van der Waals surface area contributed by atoms with Gasteiger partial charge in [0.05, 0.1) is 21.8 Å². The molecule has 0 aliphatic rings. The maximum atomic E-state index is 13.2. The number of benzene rings is 4. The molecule has 0 aliphatic heterocycles. The van der Waals surface area contributed by atoms with Crippen LogP contribution in [0.2, 0.25) is 0 Å². The highest BCUT2D eigenvalue weighted by Gasteiger charge is 2.27. The van der Waals surface area contributed by atoms with E-state index in [2.05, 4.69) is 58.2 Å². The normalized spacial score (nSPS) is 12.8. The predicted molar refractivity (Wildman–Crippen MR) is 177 cm³/mol. The average molecular weight is 797 g/mol. The molecule has 14 nitrogen and oxygen atoms in total. The molecule has 0 bridgehead atoms. The largest absolute Gasteiger partial charge is 0.506 e. The molecule has 1 atom stereocenters. The fourth-order valence-electron chi connectivity index (χ4n) is 3.98. The zero-order valence-electron chi connectivity index (χ0n) is 23.3. The number of aromatic hydroxyl groups is 1. The summed E-state index contributed by atoms with van der Waals surface area (Å²) in [7, 11) is -9.80. The molecule has 6 N–H and O–H groups in total. The molecule has 4 rings (SSSR count). The van der Waals surface area contributed by atoms with E-state index in [1.165, 1.54) is 6.21 Å². The molecule has 0 radical (unpaired) electrons. The number of phenols is 1. The lowest BCUT2D eigenvalue weighted by Gasteiger charge is -2.17. The SMILES string of the molecule is Cc1c(Br)cc(/C=N/NC(=O)C(Nc2ccc3ccccc3c2)C(=O)N/N=C/c2ccc(S(=O)(=O)O)cc2S(=O)(=O)O)c(O)c1Br. The van der Waals surface area contributed by atoms with Crippen molar-refractivity contribution in [2.45, 2.75) is 22.8 Å². The standard InChI is InChI=1S/C28H23Br2N5O9S2/c1-15-22(29)11-19(26(36)24(15)30)14-32-35-28(38)25(33-20-8-6-16-4-2-3-5-17(16)10-20)27(37)34-31-13-18-7-9-21(45(39,40)41)12-23(18)46(42,43)44/h2-14,25,33,36H,1H3,(H,34,37)(H,35,38)(H,39,40,41)(H,42,43,44)/b31-13+,32-14+. The third-order valence-electron chi connectivity index (χ3n) is 6.35. The molecule has 0 saturated heterocycles. The Morgan fingerprint density at radius 3 is 2.02 bits per heavy atom. The number of nitrogens with one attached hydrogen (secondary N) is 3. The Morgan fingerprint density at radius 1 is 0.804 bits per heavy atom. The number of fused-ring (bicyclic) bond motifs is 1. The van der Waals surface area contributed by atoms with Gasteiger partial charge in [0, 0.05) is 21.3 Å². The second-order valence-electron chi connectivity index (χ2n) is 9.49. The Labute approximate surface area is 279 Å². The molecule has 4 aromatic rings. The Bertz CT molecular complexity index is 2140. The molecule has 1 unspecified atom stereocenters. The van der Waals surface area contributed by atoms with Crippen molar-refractivity contribution in [1.29, 1.82) is 0 Å². The van der Waals surface area contributed by atoms with Crippen LogP contribution in [0.5, 0.6) is 5.75 Å². The van der Waals surface area contributed by atoms with Crippen LogP contribution in [0.1, 0.15) is 16.7 Å². The van der Waals surface area contributed by atoms with Gasteiger partial charge in [0.1, 0.15) is 10.6 Å². The van der Waals surface area contributed by atoms with Crippen LogP contribution in [-0.4, -0.2) is 61.3 Å². The number of nitrogens with zero attached hydrogens (tertiary/aromatic N) is 2. The maximum absolute atomic E-state index is 13.2. The zero-order valence-corrected chi connectivity index (χ0v) is 28.1. The average Bonchev–Trinajstić information content (AvgIpc) is 3.00. The monoisotopic (exact) mass is 795 g/mol. The van der Waals surface area contributed by atoms with E-state index < -0.39 is 47.9 Å². The minimum absolute atomic E-state index is 0.134. The summed E-state index contributed by atoms with van der Waals surface area (Å²) in [5, 5.41) is 22.4. The number of rotatable bonds is 10. The Hall–Kier alpha value is -4.20. The van der Waals surface area contributed by atoms with E-state index in [4.69, 9.17) is 0 Å². The van der Waals surface area contributed by atoms with Crippen molar-refractivity contribution in [3.05, 3.63) is 92.4 Å². The molecule has 0 heterocycles. The minimum Gasteiger partial charge on any atom is -0.506 e. The van der Waals surface area contributed by atoms with Crippen molar-refractivity contribution in [1.82, 2.24) is 10.9 Å². The van der Waals surface area contributed by atoms with E-state index in [0.717, 1.165) is 34.7 Å². The van der Waals surface area contributed by atoms with E-state index >= 15 is 0 Å². The molecular weight excluding hydrogens is 774 g/mol. The van der Waals surface area contributed by atoms with E-state index in [0.29, 0.717) is 20.7 Å². The first kappa shape index (κ1) is 34.7. The Balaban J connectivity index is 1.60. The molecule has 0 spiro atoms. The van der Waals surface area contributed by atoms with Gasteiger partial charge in [0.15, 0.2) is 6.04 Å². The van der Waals surface area contributed by atoms with Gasteiger partial charge >= 0.3 is 0 Å². The van der Waals surface area contributed by atoms with Crippen molar-refractivity contribution in [2.75, 3.05) is 5.32 Å². The lowest BCUT2D eigenvalue weighted by Crippen LogP contribution is -2.47. The smallest absolute Gasteiger partial charge is 0.295 e. The number of phenolic OH excluding ortho intramolecular Hbond substituents is 1. The summed E-state index contributed by atoms with van der Waals surface area (Å²) < 4.78 is 66.3. The second kappa shape index (κ2) is 14.1. The van der Waals surface area contributed by atoms with Crippen LogP contribution in [0, 0.1) is 6.92 Å². The molecule has 4 aromatic carbocycles. The van der Waals surface area contributed by atoms with Gasteiger partial charge in [-0.25, -0.2) is 10.9 Å². The van der Waals surface area contributed by atoms with E-state index in [1.807, 2.05) is 24.3 Å². The zero-order chi connectivity index (χ0) is 33.8. The van der Waals surface area contributed by atoms with Crippen molar-refractivity contribution in [2.24, 2.45) is 10.2 Å². The molecule has 0 aromatic heterocycles. The first-order valence-corrected chi connectivity index (χ1v) is 17.2. The van der Waals surface area contributed by atoms with Crippen LogP contribution in [0.15, 0.2) is 95.7 Å². The molecule has 46 heavy (non-hydrogen) atoms. The topological polar surface area (TPSA) is 224 Å². The number of amides is 2. The van der Waals surface area contributed by atoms with Crippen LogP contribution < -0.4 is 16.2 Å². The van der Waals surface area contributed by atoms with E-state index in [9.17, 15) is 40.6 Å². The van der Waals surface area contributed by atoms with Crippen molar-refractivity contribution < 1.29 is 40.6 Å². The fourth-order valence-corrected chi connectivity index (χ4v) is 6.41. The maximum Gasteiger partial charge on any atom is 0.295 e. The summed E-state index contributed by atoms with van der Waals surface area (Å²) in [6.07, 6.45) is 1.95. The summed E-state index contributed by atoms with van der Waals surface area (Å²) in [6.45, 7) is 1.76. The lowest BCUT2D eigenvalue weighted by atomic mass is 10.1. The van der Waals surface area contributed by atoms with Gasteiger partial charge in [-0.1, -0.05) is 52.3 Å². The van der Waals surface area contributed by atoms with Crippen molar-refractivity contribution >= 4 is 92.8 Å². The first-order valence-electron chi connectivity index (χ1n) is 12.7. The molecule has 0 aliphatic carbocycles. The van der Waals surface area contributed by atoms with E-state index in [-0.39, 0.29) is 16.9 Å². The second-order valence-corrected chi connectivity index (χ2v) is 14.0. The predicted octanol–water partition coefficient (Wildman–Crippen LogP) is 3.95. The van der Waals surface area contributed by atoms with Crippen LogP contribution in [0.25, 0.3) is 10.8 Å². The number of anilines is 1. The third kappa shape index (κ3) is 8.33. The van der Waals surface area contributed by atoms with Gasteiger partial charge in [-0.05, 0) is 69.5 Å². The number of hydrogen-bond acceptors (Lipinski definition) is 10. The van der Waals surface area contributed by atoms with Gasteiger partial charge in [-0.2, -0.15) is 27.0 Å². The van der Waals surface area contributed by atoms with Crippen molar-refractivity contribution in [3.63, 3.8) is 0 Å². The first-order chi connectivity index (χ1) is 21.6. The van der Waals surface area contributed by atoms with E-state index in [1.54, 1.807) is 31.2 Å².